The van der Waals surface area contributed by atoms with Crippen LogP contribution in [0.4, 0.5) is 29.3 Å². The Balaban J connectivity index is 1.63. The van der Waals surface area contributed by atoms with Crippen LogP contribution in [0.15, 0.2) is 60.8 Å². The molecule has 0 saturated carbocycles. The van der Waals surface area contributed by atoms with Gasteiger partial charge in [-0.1, -0.05) is 6.07 Å². The molecule has 10 heteroatoms. The van der Waals surface area contributed by atoms with Gasteiger partial charge in [0.25, 0.3) is 12.3 Å². The number of urea groups is 1. The molecule has 0 aliphatic carbocycles. The summed E-state index contributed by atoms with van der Waals surface area (Å²) in [5.41, 5.74) is -0.220. The van der Waals surface area contributed by atoms with Crippen molar-refractivity contribution in [2.45, 2.75) is 6.43 Å². The van der Waals surface area contributed by atoms with Gasteiger partial charge in [-0.2, -0.15) is 0 Å². The topological polar surface area (TPSA) is 92.4 Å². The number of halogens is 3. The highest BCUT2D eigenvalue weighted by atomic mass is 19.3. The minimum atomic E-state index is -2.79. The summed E-state index contributed by atoms with van der Waals surface area (Å²) in [5.74, 6) is -0.375. The monoisotopic (exact) mass is 430 g/mol. The first-order valence-electron chi connectivity index (χ1n) is 8.97. The van der Waals surface area contributed by atoms with Gasteiger partial charge in [-0.3, -0.25) is 9.78 Å². The van der Waals surface area contributed by atoms with Gasteiger partial charge < -0.3 is 20.7 Å². The van der Waals surface area contributed by atoms with E-state index in [1.807, 2.05) is 0 Å². The zero-order valence-electron chi connectivity index (χ0n) is 16.2. The minimum Gasteiger partial charge on any atom is -0.457 e. The van der Waals surface area contributed by atoms with E-state index in [-0.39, 0.29) is 17.3 Å². The van der Waals surface area contributed by atoms with Crippen molar-refractivity contribution in [3.05, 3.63) is 77.9 Å². The van der Waals surface area contributed by atoms with Gasteiger partial charge in [0.2, 0.25) is 0 Å². The Morgan fingerprint density at radius 2 is 1.71 bits per heavy atom. The summed E-state index contributed by atoms with van der Waals surface area (Å²) in [6.45, 7) is 0. The molecule has 0 aliphatic rings. The third-order valence-corrected chi connectivity index (χ3v) is 4.03. The molecule has 0 fully saturated rings. The molecule has 0 spiro atoms. The molecule has 3 amide bonds. The number of ether oxygens (including phenoxy) is 1. The molecule has 1 heterocycles. The van der Waals surface area contributed by atoms with Crippen LogP contribution in [0.25, 0.3) is 0 Å². The third-order valence-electron chi connectivity index (χ3n) is 4.03. The van der Waals surface area contributed by atoms with Crippen LogP contribution in [0.2, 0.25) is 0 Å². The van der Waals surface area contributed by atoms with E-state index in [1.54, 1.807) is 18.2 Å². The number of pyridine rings is 1. The summed E-state index contributed by atoms with van der Waals surface area (Å²) < 4.78 is 44.9. The Morgan fingerprint density at radius 3 is 2.39 bits per heavy atom. The maximum absolute atomic E-state index is 13.8. The first kappa shape index (κ1) is 21.6. The normalized spacial score (nSPS) is 10.5. The lowest BCUT2D eigenvalue weighted by Gasteiger charge is -2.11. The second kappa shape index (κ2) is 9.61. The Hall–Kier alpha value is -4.08. The van der Waals surface area contributed by atoms with E-state index in [1.165, 1.54) is 31.4 Å². The molecule has 0 radical (unpaired) electrons. The maximum atomic E-state index is 13.8. The number of rotatable bonds is 6. The smallest absolute Gasteiger partial charge is 0.323 e. The molecule has 0 unspecified atom stereocenters. The Kier molecular flexibility index (Phi) is 6.71. The van der Waals surface area contributed by atoms with Crippen LogP contribution < -0.4 is 20.7 Å². The van der Waals surface area contributed by atoms with Crippen molar-refractivity contribution >= 4 is 23.3 Å². The van der Waals surface area contributed by atoms with Crippen molar-refractivity contribution in [3.8, 4) is 11.5 Å². The van der Waals surface area contributed by atoms with E-state index in [0.717, 1.165) is 18.2 Å². The summed E-state index contributed by atoms with van der Waals surface area (Å²) in [4.78, 5) is 27.6. The SMILES string of the molecule is CNC(=O)c1cc(Oc2ccc(NC(=O)Nc3cc(C(F)F)ccc3F)cc2)ccn1. The molecule has 160 valence electrons. The van der Waals surface area contributed by atoms with Gasteiger partial charge in [0, 0.05) is 30.6 Å². The Bertz CT molecular complexity index is 1090. The van der Waals surface area contributed by atoms with Crippen LogP contribution >= 0.6 is 0 Å². The summed E-state index contributed by atoms with van der Waals surface area (Å²) in [6, 6.07) is 11.1. The van der Waals surface area contributed by atoms with E-state index in [4.69, 9.17) is 4.74 Å². The highest BCUT2D eigenvalue weighted by Crippen LogP contribution is 2.25. The standard InChI is InChI=1S/C21H17F3N4O3/c1-25-20(29)18-11-15(8-9-26-18)31-14-5-3-13(4-6-14)27-21(30)28-17-10-12(19(23)24)2-7-16(17)22/h2-11,19H,1H3,(H,25,29)(H2,27,28,30). The predicted molar refractivity (Wildman–Crippen MR) is 108 cm³/mol. The molecular weight excluding hydrogens is 413 g/mol. The number of amides is 3. The number of nitrogens with one attached hydrogen (secondary N) is 3. The fraction of sp³-hybridized carbons (Fsp3) is 0.0952. The van der Waals surface area contributed by atoms with E-state index in [2.05, 4.69) is 20.9 Å². The van der Waals surface area contributed by atoms with Gasteiger partial charge in [0.05, 0.1) is 5.69 Å². The number of anilines is 2. The molecule has 3 N–H and O–H groups in total. The summed E-state index contributed by atoms with van der Waals surface area (Å²) in [7, 11) is 1.49. The van der Waals surface area contributed by atoms with Crippen molar-refractivity contribution < 1.29 is 27.5 Å². The van der Waals surface area contributed by atoms with Crippen LogP contribution in [-0.2, 0) is 0 Å². The predicted octanol–water partition coefficient (Wildman–Crippen LogP) is 4.95. The van der Waals surface area contributed by atoms with Crippen LogP contribution in [0.1, 0.15) is 22.5 Å². The highest BCUT2D eigenvalue weighted by Gasteiger charge is 2.13. The fourth-order valence-electron chi connectivity index (χ4n) is 2.53. The maximum Gasteiger partial charge on any atom is 0.323 e. The Labute approximate surface area is 175 Å². The van der Waals surface area contributed by atoms with Gasteiger partial charge >= 0.3 is 6.03 Å². The van der Waals surface area contributed by atoms with E-state index in [0.29, 0.717) is 17.2 Å². The molecule has 2 aromatic carbocycles. The second-order valence-electron chi connectivity index (χ2n) is 6.20. The van der Waals surface area contributed by atoms with Crippen LogP contribution in [0, 0.1) is 5.82 Å². The van der Waals surface area contributed by atoms with Crippen molar-refractivity contribution in [1.82, 2.24) is 10.3 Å². The van der Waals surface area contributed by atoms with Gasteiger partial charge in [-0.05, 0) is 42.5 Å². The van der Waals surface area contributed by atoms with Crippen LogP contribution in [-0.4, -0.2) is 24.0 Å². The molecule has 0 saturated heterocycles. The number of aromatic nitrogens is 1. The lowest BCUT2D eigenvalue weighted by molar-refractivity contribution is 0.0957. The van der Waals surface area contributed by atoms with E-state index >= 15 is 0 Å². The molecule has 0 bridgehead atoms. The van der Waals surface area contributed by atoms with Crippen molar-refractivity contribution in [2.75, 3.05) is 17.7 Å². The van der Waals surface area contributed by atoms with E-state index < -0.39 is 23.8 Å². The molecular formula is C21H17F3N4O3. The van der Waals surface area contributed by atoms with Crippen LogP contribution in [0.3, 0.4) is 0 Å². The van der Waals surface area contributed by atoms with Gasteiger partial charge in [0.1, 0.15) is 23.0 Å². The summed E-state index contributed by atoms with van der Waals surface area (Å²) >= 11 is 0. The lowest BCUT2D eigenvalue weighted by Crippen LogP contribution is -2.20. The zero-order valence-corrected chi connectivity index (χ0v) is 16.2. The molecule has 1 aromatic heterocycles. The molecule has 0 aliphatic heterocycles. The number of carbonyl (C=O) groups excluding carboxylic acids is 2. The molecule has 7 nitrogen and oxygen atoms in total. The number of hydrogen-bond donors (Lipinski definition) is 3. The average molecular weight is 430 g/mol. The quantitative estimate of drug-likeness (QED) is 0.516. The Morgan fingerprint density at radius 1 is 0.968 bits per heavy atom. The highest BCUT2D eigenvalue weighted by molar-refractivity contribution is 5.99. The molecule has 3 rings (SSSR count). The number of carbonyl (C=O) groups is 2. The second-order valence-corrected chi connectivity index (χ2v) is 6.20. The van der Waals surface area contributed by atoms with Gasteiger partial charge in [-0.15, -0.1) is 0 Å². The summed E-state index contributed by atoms with van der Waals surface area (Å²) in [5, 5.41) is 7.13. The summed E-state index contributed by atoms with van der Waals surface area (Å²) in [6.07, 6.45) is -1.35. The first-order chi connectivity index (χ1) is 14.9. The third kappa shape index (κ3) is 5.72. The number of hydrogen-bond acceptors (Lipinski definition) is 4. The van der Waals surface area contributed by atoms with E-state index in [9.17, 15) is 22.8 Å². The number of alkyl halides is 2. The largest absolute Gasteiger partial charge is 0.457 e. The number of nitrogens with zero attached hydrogens (tertiary/aromatic N) is 1. The van der Waals surface area contributed by atoms with Crippen molar-refractivity contribution in [2.24, 2.45) is 0 Å². The van der Waals surface area contributed by atoms with Crippen molar-refractivity contribution in [3.63, 3.8) is 0 Å². The zero-order chi connectivity index (χ0) is 22.4. The lowest BCUT2D eigenvalue weighted by atomic mass is 10.2. The van der Waals surface area contributed by atoms with Gasteiger partial charge in [-0.25, -0.2) is 18.0 Å². The first-order valence-corrected chi connectivity index (χ1v) is 8.97. The average Bonchev–Trinajstić information content (AvgIpc) is 2.76. The number of benzene rings is 2. The minimum absolute atomic E-state index is 0.193. The van der Waals surface area contributed by atoms with Gasteiger partial charge in [0.15, 0.2) is 0 Å². The molecule has 3 aromatic rings. The molecule has 0 atom stereocenters. The fourth-order valence-corrected chi connectivity index (χ4v) is 2.53. The van der Waals surface area contributed by atoms with Crippen molar-refractivity contribution in [1.29, 1.82) is 0 Å². The van der Waals surface area contributed by atoms with Crippen LogP contribution in [0.5, 0.6) is 11.5 Å². The molecule has 31 heavy (non-hydrogen) atoms.